The highest BCUT2D eigenvalue weighted by Gasteiger charge is 2.33. The molecule has 5 heteroatoms. The van der Waals surface area contributed by atoms with Gasteiger partial charge in [-0.05, 0) is 40.2 Å². The molecule has 2 unspecified atom stereocenters. The van der Waals surface area contributed by atoms with Gasteiger partial charge in [0.1, 0.15) is 0 Å². The van der Waals surface area contributed by atoms with Gasteiger partial charge in [-0.25, -0.2) is 0 Å². The first-order valence-electron chi connectivity index (χ1n) is 5.79. The fraction of sp³-hybridized carbons (Fsp3) is 0.818. The lowest BCUT2D eigenvalue weighted by Gasteiger charge is -2.29. The second-order valence-corrected chi connectivity index (χ2v) is 5.11. The molecule has 0 radical (unpaired) electrons. The van der Waals surface area contributed by atoms with E-state index in [4.69, 9.17) is 18.0 Å². The molecule has 0 aromatic carbocycles. The Morgan fingerprint density at radius 2 is 2.12 bits per heavy atom. The number of nitrogens with one attached hydrogen (secondary N) is 1. The summed E-state index contributed by atoms with van der Waals surface area (Å²) in [5.41, 5.74) is 5.69. The number of hydrogen-bond acceptors (Lipinski definition) is 3. The van der Waals surface area contributed by atoms with Crippen LogP contribution >= 0.6 is 12.2 Å². The van der Waals surface area contributed by atoms with Crippen LogP contribution in [0.4, 0.5) is 0 Å². The first-order valence-corrected chi connectivity index (χ1v) is 6.19. The smallest absolute Gasteiger partial charge is 0.237 e. The van der Waals surface area contributed by atoms with Crippen molar-refractivity contribution in [1.29, 1.82) is 0 Å². The van der Waals surface area contributed by atoms with Crippen LogP contribution in [0.2, 0.25) is 0 Å². The summed E-state index contributed by atoms with van der Waals surface area (Å²) in [5.74, 6) is 0.0538. The highest BCUT2D eigenvalue weighted by atomic mass is 32.1. The fourth-order valence-electron chi connectivity index (χ4n) is 2.11. The maximum absolute atomic E-state index is 11.9. The minimum absolute atomic E-state index is 0.0538. The topological polar surface area (TPSA) is 58.4 Å². The van der Waals surface area contributed by atoms with Crippen LogP contribution in [0.15, 0.2) is 0 Å². The van der Waals surface area contributed by atoms with Crippen molar-refractivity contribution in [1.82, 2.24) is 10.2 Å². The first-order chi connectivity index (χ1) is 7.43. The molecule has 0 aromatic heterocycles. The minimum atomic E-state index is -0.156. The predicted octanol–water partition coefficient (Wildman–Crippen LogP) is 0.650. The molecule has 3 N–H and O–H groups in total. The molecule has 16 heavy (non-hydrogen) atoms. The quantitative estimate of drug-likeness (QED) is 0.712. The SMILES string of the molecule is CC(C)NC(=O)C(C)N1CCCC1C(N)=S. The molecule has 1 aliphatic heterocycles. The van der Waals surface area contributed by atoms with Crippen molar-refractivity contribution in [3.05, 3.63) is 0 Å². The molecule has 4 nitrogen and oxygen atoms in total. The second-order valence-electron chi connectivity index (χ2n) is 4.64. The molecule has 2 atom stereocenters. The van der Waals surface area contributed by atoms with Crippen LogP contribution < -0.4 is 11.1 Å². The van der Waals surface area contributed by atoms with Crippen LogP contribution in [-0.2, 0) is 4.79 Å². The molecule has 1 fully saturated rings. The summed E-state index contributed by atoms with van der Waals surface area (Å²) in [4.78, 5) is 14.5. The molecule has 1 amide bonds. The molecule has 0 bridgehead atoms. The van der Waals surface area contributed by atoms with Gasteiger partial charge in [-0.3, -0.25) is 9.69 Å². The number of nitrogens with zero attached hydrogens (tertiary/aromatic N) is 1. The van der Waals surface area contributed by atoms with Gasteiger partial charge in [-0.15, -0.1) is 0 Å². The van der Waals surface area contributed by atoms with E-state index in [9.17, 15) is 4.79 Å². The highest BCUT2D eigenvalue weighted by Crippen LogP contribution is 2.20. The number of carbonyl (C=O) groups is 1. The van der Waals surface area contributed by atoms with Gasteiger partial charge in [0.15, 0.2) is 0 Å². The van der Waals surface area contributed by atoms with Crippen molar-refractivity contribution in [2.75, 3.05) is 6.54 Å². The number of thiocarbonyl (C=S) groups is 1. The summed E-state index contributed by atoms with van der Waals surface area (Å²) in [6.07, 6.45) is 2.02. The fourth-order valence-corrected chi connectivity index (χ4v) is 2.37. The lowest BCUT2D eigenvalue weighted by atomic mass is 10.2. The molecule has 92 valence electrons. The van der Waals surface area contributed by atoms with Crippen LogP contribution in [-0.4, -0.2) is 40.5 Å². The predicted molar refractivity (Wildman–Crippen MR) is 69.3 cm³/mol. The Morgan fingerprint density at radius 1 is 1.50 bits per heavy atom. The van der Waals surface area contributed by atoms with Crippen LogP contribution in [0.1, 0.15) is 33.6 Å². The van der Waals surface area contributed by atoms with E-state index in [1.807, 2.05) is 20.8 Å². The number of nitrogens with two attached hydrogens (primary N) is 1. The van der Waals surface area contributed by atoms with Crippen molar-refractivity contribution in [2.24, 2.45) is 5.73 Å². The monoisotopic (exact) mass is 243 g/mol. The maximum atomic E-state index is 11.9. The Morgan fingerprint density at radius 3 is 2.62 bits per heavy atom. The third-order valence-corrected chi connectivity index (χ3v) is 3.20. The zero-order valence-corrected chi connectivity index (χ0v) is 11.0. The Kier molecular flexibility index (Phi) is 4.68. The summed E-state index contributed by atoms with van der Waals surface area (Å²) >= 11 is 5.03. The van der Waals surface area contributed by atoms with Gasteiger partial charge in [-0.1, -0.05) is 12.2 Å². The lowest BCUT2D eigenvalue weighted by molar-refractivity contribution is -0.126. The largest absolute Gasteiger partial charge is 0.392 e. The van der Waals surface area contributed by atoms with Gasteiger partial charge < -0.3 is 11.1 Å². The van der Waals surface area contributed by atoms with E-state index < -0.39 is 0 Å². The number of rotatable bonds is 4. The normalized spacial score (nSPS) is 23.4. The summed E-state index contributed by atoms with van der Waals surface area (Å²) in [6.45, 7) is 6.72. The molecular weight excluding hydrogens is 222 g/mol. The van der Waals surface area contributed by atoms with Crippen LogP contribution in [0, 0.1) is 0 Å². The summed E-state index contributed by atoms with van der Waals surface area (Å²) in [6, 6.07) is 0.0974. The van der Waals surface area contributed by atoms with E-state index >= 15 is 0 Å². The van der Waals surface area contributed by atoms with Gasteiger partial charge >= 0.3 is 0 Å². The van der Waals surface area contributed by atoms with Gasteiger partial charge in [0.25, 0.3) is 0 Å². The van der Waals surface area contributed by atoms with E-state index in [0.717, 1.165) is 19.4 Å². The minimum Gasteiger partial charge on any atom is -0.392 e. The maximum Gasteiger partial charge on any atom is 0.237 e. The zero-order valence-electron chi connectivity index (χ0n) is 10.2. The van der Waals surface area contributed by atoms with Gasteiger partial charge in [0.2, 0.25) is 5.91 Å². The van der Waals surface area contributed by atoms with Crippen LogP contribution in [0.25, 0.3) is 0 Å². The second kappa shape index (κ2) is 5.59. The third-order valence-electron chi connectivity index (χ3n) is 2.93. The Balaban J connectivity index is 2.62. The molecule has 1 saturated heterocycles. The van der Waals surface area contributed by atoms with Crippen molar-refractivity contribution < 1.29 is 4.79 Å². The zero-order chi connectivity index (χ0) is 12.3. The highest BCUT2D eigenvalue weighted by molar-refractivity contribution is 7.80. The third kappa shape index (κ3) is 3.15. The molecule has 0 aliphatic carbocycles. The Labute approximate surface area is 103 Å². The van der Waals surface area contributed by atoms with Crippen molar-refractivity contribution in [3.8, 4) is 0 Å². The number of amides is 1. The average molecular weight is 243 g/mol. The molecule has 1 rings (SSSR count). The van der Waals surface area contributed by atoms with E-state index in [1.165, 1.54) is 0 Å². The first kappa shape index (κ1) is 13.4. The molecule has 0 saturated carbocycles. The van der Waals surface area contributed by atoms with Gasteiger partial charge in [0, 0.05) is 6.04 Å². The number of likely N-dealkylation sites (tertiary alicyclic amines) is 1. The van der Waals surface area contributed by atoms with Crippen LogP contribution in [0.5, 0.6) is 0 Å². The molecule has 0 spiro atoms. The number of carbonyl (C=O) groups excluding carboxylic acids is 1. The summed E-state index contributed by atoms with van der Waals surface area (Å²) < 4.78 is 0. The summed E-state index contributed by atoms with van der Waals surface area (Å²) in [5, 5.41) is 2.91. The van der Waals surface area contributed by atoms with E-state index in [1.54, 1.807) is 0 Å². The van der Waals surface area contributed by atoms with E-state index in [0.29, 0.717) is 4.99 Å². The van der Waals surface area contributed by atoms with Crippen molar-refractivity contribution in [2.45, 2.75) is 51.7 Å². The Bertz CT molecular complexity index is 280. The lowest BCUT2D eigenvalue weighted by Crippen LogP contribution is -2.51. The van der Waals surface area contributed by atoms with E-state index in [-0.39, 0.29) is 24.0 Å². The molecule has 0 aromatic rings. The number of hydrogen-bond donors (Lipinski definition) is 2. The van der Waals surface area contributed by atoms with Gasteiger partial charge in [-0.2, -0.15) is 0 Å². The van der Waals surface area contributed by atoms with Crippen molar-refractivity contribution in [3.63, 3.8) is 0 Å². The van der Waals surface area contributed by atoms with E-state index in [2.05, 4.69) is 10.2 Å². The molecule has 1 heterocycles. The standard InChI is InChI=1S/C11H21N3OS/c1-7(2)13-11(15)8(3)14-6-4-5-9(14)10(12)16/h7-9H,4-6H2,1-3H3,(H2,12,16)(H,13,15). The summed E-state index contributed by atoms with van der Waals surface area (Å²) in [7, 11) is 0. The average Bonchev–Trinajstić information content (AvgIpc) is 2.63. The van der Waals surface area contributed by atoms with Gasteiger partial charge in [0.05, 0.1) is 17.1 Å². The van der Waals surface area contributed by atoms with Crippen molar-refractivity contribution >= 4 is 23.1 Å². The van der Waals surface area contributed by atoms with Crippen LogP contribution in [0.3, 0.4) is 0 Å². The Hall–Kier alpha value is -0.680. The molecular formula is C11H21N3OS. The molecule has 1 aliphatic rings.